The topological polar surface area (TPSA) is 89.7 Å². The Labute approximate surface area is 89.6 Å². The Hall–Kier alpha value is -0.660. The molecule has 7 heteroatoms. The zero-order valence-electron chi connectivity index (χ0n) is 8.68. The Morgan fingerprint density at radius 2 is 2.27 bits per heavy atom. The van der Waals surface area contributed by atoms with Gasteiger partial charge in [0.15, 0.2) is 0 Å². The maximum atomic E-state index is 11.4. The van der Waals surface area contributed by atoms with Gasteiger partial charge in [0.05, 0.1) is 12.5 Å². The van der Waals surface area contributed by atoms with Gasteiger partial charge >= 0.3 is 5.97 Å². The molecule has 1 heterocycles. The van der Waals surface area contributed by atoms with Crippen molar-refractivity contribution in [3.05, 3.63) is 0 Å². The van der Waals surface area contributed by atoms with Gasteiger partial charge in [-0.05, 0) is 19.8 Å². The third-order valence-corrected chi connectivity index (χ3v) is 3.42. The molecule has 0 aromatic carbocycles. The van der Waals surface area contributed by atoms with Gasteiger partial charge in [0.2, 0.25) is 0 Å². The average Bonchev–Trinajstić information content (AvgIpc) is 2.17. The van der Waals surface area contributed by atoms with Crippen molar-refractivity contribution >= 4 is 16.2 Å². The van der Waals surface area contributed by atoms with Gasteiger partial charge in [-0.1, -0.05) is 0 Å². The lowest BCUT2D eigenvalue weighted by molar-refractivity contribution is -0.149. The molecule has 0 amide bonds. The lowest BCUT2D eigenvalue weighted by Crippen LogP contribution is -2.45. The van der Waals surface area contributed by atoms with Crippen molar-refractivity contribution in [2.75, 3.05) is 19.7 Å². The highest BCUT2D eigenvalue weighted by Crippen LogP contribution is 2.18. The molecule has 1 rings (SSSR count). The molecule has 0 bridgehead atoms. The monoisotopic (exact) mass is 236 g/mol. The third kappa shape index (κ3) is 3.44. The fraction of sp³-hybridized carbons (Fsp3) is 0.875. The first-order valence-corrected chi connectivity index (χ1v) is 6.40. The zero-order valence-corrected chi connectivity index (χ0v) is 9.50. The molecule has 1 atom stereocenters. The van der Waals surface area contributed by atoms with Crippen LogP contribution in [0.3, 0.4) is 0 Å². The first-order chi connectivity index (χ1) is 6.95. The van der Waals surface area contributed by atoms with Gasteiger partial charge in [0, 0.05) is 13.1 Å². The molecule has 1 fully saturated rings. The van der Waals surface area contributed by atoms with E-state index in [0.29, 0.717) is 26.0 Å². The minimum Gasteiger partial charge on any atom is -0.466 e. The quantitative estimate of drug-likeness (QED) is 0.667. The van der Waals surface area contributed by atoms with Gasteiger partial charge in [-0.25, -0.2) is 5.14 Å². The molecule has 88 valence electrons. The summed E-state index contributed by atoms with van der Waals surface area (Å²) in [5.41, 5.74) is 0. The number of nitrogens with zero attached hydrogens (tertiary/aromatic N) is 1. The first kappa shape index (κ1) is 12.4. The summed E-state index contributed by atoms with van der Waals surface area (Å²) in [5, 5.41) is 4.99. The van der Waals surface area contributed by atoms with Crippen molar-refractivity contribution in [1.82, 2.24) is 4.31 Å². The maximum absolute atomic E-state index is 11.4. The molecule has 0 aromatic rings. The number of piperidine rings is 1. The van der Waals surface area contributed by atoms with E-state index in [9.17, 15) is 13.2 Å². The summed E-state index contributed by atoms with van der Waals surface area (Å²) in [6.45, 7) is 2.55. The van der Waals surface area contributed by atoms with E-state index in [1.54, 1.807) is 6.92 Å². The Balaban J connectivity index is 2.60. The van der Waals surface area contributed by atoms with Crippen molar-refractivity contribution in [2.45, 2.75) is 19.8 Å². The van der Waals surface area contributed by atoms with Crippen LogP contribution in [0.15, 0.2) is 0 Å². The van der Waals surface area contributed by atoms with E-state index in [4.69, 9.17) is 9.88 Å². The number of carbonyl (C=O) groups is 1. The van der Waals surface area contributed by atoms with Gasteiger partial charge in [-0.15, -0.1) is 0 Å². The minimum atomic E-state index is -3.68. The summed E-state index contributed by atoms with van der Waals surface area (Å²) in [7, 11) is -3.68. The van der Waals surface area contributed by atoms with Gasteiger partial charge in [0.25, 0.3) is 10.2 Å². The van der Waals surface area contributed by atoms with Crippen LogP contribution >= 0.6 is 0 Å². The molecule has 2 N–H and O–H groups in total. The van der Waals surface area contributed by atoms with E-state index in [1.807, 2.05) is 0 Å². The van der Waals surface area contributed by atoms with Crippen LogP contribution in [0.25, 0.3) is 0 Å². The molecule has 1 aliphatic heterocycles. The van der Waals surface area contributed by atoms with E-state index in [0.717, 1.165) is 4.31 Å². The number of carbonyl (C=O) groups excluding carboxylic acids is 1. The Morgan fingerprint density at radius 1 is 1.60 bits per heavy atom. The summed E-state index contributed by atoms with van der Waals surface area (Å²) in [4.78, 5) is 11.4. The Kier molecular flexibility index (Phi) is 4.06. The fourth-order valence-corrected chi connectivity index (χ4v) is 2.40. The normalized spacial score (nSPS) is 23.7. The van der Waals surface area contributed by atoms with Crippen molar-refractivity contribution in [2.24, 2.45) is 11.1 Å². The van der Waals surface area contributed by atoms with Gasteiger partial charge in [0.1, 0.15) is 0 Å². The second-order valence-electron chi connectivity index (χ2n) is 3.49. The van der Waals surface area contributed by atoms with Gasteiger partial charge in [-0.3, -0.25) is 4.79 Å². The van der Waals surface area contributed by atoms with Crippen LogP contribution in [0.1, 0.15) is 19.8 Å². The molecule has 6 nitrogen and oxygen atoms in total. The number of esters is 1. The van der Waals surface area contributed by atoms with Crippen LogP contribution in [0, 0.1) is 5.92 Å². The maximum Gasteiger partial charge on any atom is 0.310 e. The SMILES string of the molecule is CCOC(=O)[C@H]1CCCN(S(N)(=O)=O)C1. The Bertz CT molecular complexity index is 328. The van der Waals surface area contributed by atoms with Gasteiger partial charge in [-0.2, -0.15) is 12.7 Å². The summed E-state index contributed by atoms with van der Waals surface area (Å²) < 4.78 is 28.1. The molecule has 0 saturated carbocycles. The van der Waals surface area contributed by atoms with E-state index in [2.05, 4.69) is 0 Å². The second-order valence-corrected chi connectivity index (χ2v) is 5.04. The summed E-state index contributed by atoms with van der Waals surface area (Å²) in [5.74, 6) is -0.720. The third-order valence-electron chi connectivity index (χ3n) is 2.36. The van der Waals surface area contributed by atoms with E-state index < -0.39 is 10.2 Å². The van der Waals surface area contributed by atoms with Crippen LogP contribution in [0.4, 0.5) is 0 Å². The molecule has 1 saturated heterocycles. The molecular weight excluding hydrogens is 220 g/mol. The highest BCUT2D eigenvalue weighted by molar-refractivity contribution is 7.86. The standard InChI is InChI=1S/C8H16N2O4S/c1-2-14-8(11)7-4-3-5-10(6-7)15(9,12)13/h7H,2-6H2,1H3,(H2,9,12,13)/t7-/m0/s1. The van der Waals surface area contributed by atoms with Crippen LogP contribution in [-0.2, 0) is 19.7 Å². The van der Waals surface area contributed by atoms with Gasteiger partial charge < -0.3 is 4.74 Å². The molecule has 1 aliphatic rings. The lowest BCUT2D eigenvalue weighted by atomic mass is 10.0. The largest absolute Gasteiger partial charge is 0.466 e. The molecule has 0 spiro atoms. The van der Waals surface area contributed by atoms with Crippen molar-refractivity contribution < 1.29 is 17.9 Å². The average molecular weight is 236 g/mol. The molecule has 0 radical (unpaired) electrons. The molecule has 0 aliphatic carbocycles. The molecule has 0 unspecified atom stereocenters. The molecular formula is C8H16N2O4S. The fourth-order valence-electron chi connectivity index (χ4n) is 1.63. The summed E-state index contributed by atoms with van der Waals surface area (Å²) in [6.07, 6.45) is 1.30. The smallest absolute Gasteiger partial charge is 0.310 e. The van der Waals surface area contributed by atoms with Crippen LogP contribution in [0.5, 0.6) is 0 Å². The minimum absolute atomic E-state index is 0.137. The van der Waals surface area contributed by atoms with Crippen LogP contribution in [-0.4, -0.2) is 38.4 Å². The highest BCUT2D eigenvalue weighted by atomic mass is 32.2. The van der Waals surface area contributed by atoms with E-state index in [-0.39, 0.29) is 18.4 Å². The predicted octanol–water partition coefficient (Wildman–Crippen LogP) is -0.535. The van der Waals surface area contributed by atoms with Crippen molar-refractivity contribution in [1.29, 1.82) is 0 Å². The zero-order chi connectivity index (χ0) is 11.5. The number of hydrogen-bond acceptors (Lipinski definition) is 4. The number of nitrogens with two attached hydrogens (primary N) is 1. The van der Waals surface area contributed by atoms with Crippen molar-refractivity contribution in [3.63, 3.8) is 0 Å². The highest BCUT2D eigenvalue weighted by Gasteiger charge is 2.31. The molecule has 0 aromatic heterocycles. The van der Waals surface area contributed by atoms with Crippen LogP contribution in [0.2, 0.25) is 0 Å². The first-order valence-electron chi connectivity index (χ1n) is 4.89. The summed E-state index contributed by atoms with van der Waals surface area (Å²) >= 11 is 0. The van der Waals surface area contributed by atoms with E-state index >= 15 is 0 Å². The lowest BCUT2D eigenvalue weighted by Gasteiger charge is -2.28. The molecule has 15 heavy (non-hydrogen) atoms. The predicted molar refractivity (Wildman–Crippen MR) is 54.0 cm³/mol. The number of rotatable bonds is 3. The van der Waals surface area contributed by atoms with Crippen molar-refractivity contribution in [3.8, 4) is 0 Å². The second kappa shape index (κ2) is 4.91. The number of ether oxygens (including phenoxy) is 1. The number of hydrogen-bond donors (Lipinski definition) is 1. The summed E-state index contributed by atoms with van der Waals surface area (Å²) in [6, 6.07) is 0. The van der Waals surface area contributed by atoms with Crippen LogP contribution < -0.4 is 5.14 Å². The van der Waals surface area contributed by atoms with E-state index in [1.165, 1.54) is 0 Å². The Morgan fingerprint density at radius 3 is 2.80 bits per heavy atom.